The van der Waals surface area contributed by atoms with Crippen LogP contribution in [0.1, 0.15) is 30.9 Å². The number of hydrogen-bond acceptors (Lipinski definition) is 3. The third-order valence-electron chi connectivity index (χ3n) is 3.93. The number of methoxy groups -OCH3 is 1. The van der Waals surface area contributed by atoms with Crippen LogP contribution in [-0.2, 0) is 4.74 Å². The third-order valence-corrected chi connectivity index (χ3v) is 3.93. The van der Waals surface area contributed by atoms with Gasteiger partial charge in [-0.3, -0.25) is 0 Å². The minimum atomic E-state index is -0.967. The fraction of sp³-hybridized carbons (Fsp3) is 0.600. The van der Waals surface area contributed by atoms with Gasteiger partial charge in [-0.1, -0.05) is 12.1 Å². The number of ether oxygens (including phenoxy) is 1. The van der Waals surface area contributed by atoms with Crippen molar-refractivity contribution < 1.29 is 18.6 Å². The van der Waals surface area contributed by atoms with E-state index in [1.54, 1.807) is 7.11 Å². The van der Waals surface area contributed by atoms with E-state index >= 15 is 0 Å². The van der Waals surface area contributed by atoms with Crippen molar-refractivity contribution in [2.75, 3.05) is 26.7 Å². The zero-order valence-corrected chi connectivity index (χ0v) is 11.7. The van der Waals surface area contributed by atoms with Gasteiger partial charge >= 0.3 is 0 Å². The Morgan fingerprint density at radius 3 is 2.70 bits per heavy atom. The van der Waals surface area contributed by atoms with Gasteiger partial charge in [0.25, 0.3) is 0 Å². The SMILES string of the molecule is COC1CCN(CCC(O)c2cccc(F)c2F)CC1. The predicted molar refractivity (Wildman–Crippen MR) is 72.4 cm³/mol. The van der Waals surface area contributed by atoms with E-state index in [9.17, 15) is 13.9 Å². The van der Waals surface area contributed by atoms with Gasteiger partial charge in [-0.2, -0.15) is 0 Å². The fourth-order valence-electron chi connectivity index (χ4n) is 2.61. The molecule has 1 unspecified atom stereocenters. The lowest BCUT2D eigenvalue weighted by Gasteiger charge is -2.31. The first-order chi connectivity index (χ1) is 9.61. The maximum atomic E-state index is 13.5. The van der Waals surface area contributed by atoms with E-state index in [2.05, 4.69) is 4.90 Å². The Hall–Kier alpha value is -1.04. The maximum Gasteiger partial charge on any atom is 0.164 e. The molecule has 0 aliphatic carbocycles. The highest BCUT2D eigenvalue weighted by Gasteiger charge is 2.21. The Labute approximate surface area is 118 Å². The van der Waals surface area contributed by atoms with Crippen LogP contribution in [0, 0.1) is 11.6 Å². The molecular formula is C15H21F2NO2. The quantitative estimate of drug-likeness (QED) is 0.902. The molecule has 3 nitrogen and oxygen atoms in total. The van der Waals surface area contributed by atoms with Crippen molar-refractivity contribution >= 4 is 0 Å². The van der Waals surface area contributed by atoms with Gasteiger partial charge in [-0.05, 0) is 25.3 Å². The lowest BCUT2D eigenvalue weighted by molar-refractivity contribution is 0.0358. The number of benzene rings is 1. The van der Waals surface area contributed by atoms with Crippen molar-refractivity contribution in [2.45, 2.75) is 31.5 Å². The van der Waals surface area contributed by atoms with Crippen LogP contribution in [0.5, 0.6) is 0 Å². The van der Waals surface area contributed by atoms with E-state index in [4.69, 9.17) is 4.74 Å². The summed E-state index contributed by atoms with van der Waals surface area (Å²) in [6, 6.07) is 3.91. The van der Waals surface area contributed by atoms with Crippen LogP contribution in [-0.4, -0.2) is 42.9 Å². The Bertz CT molecular complexity index is 434. The molecule has 0 radical (unpaired) electrons. The highest BCUT2D eigenvalue weighted by atomic mass is 19.2. The summed E-state index contributed by atoms with van der Waals surface area (Å²) in [6.07, 6.45) is 1.70. The van der Waals surface area contributed by atoms with Crippen LogP contribution in [0.4, 0.5) is 8.78 Å². The van der Waals surface area contributed by atoms with Gasteiger partial charge in [0.1, 0.15) is 0 Å². The Morgan fingerprint density at radius 1 is 1.35 bits per heavy atom. The molecule has 1 aliphatic heterocycles. The summed E-state index contributed by atoms with van der Waals surface area (Å²) in [5.41, 5.74) is 0.0387. The Kier molecular flexibility index (Phi) is 5.46. The van der Waals surface area contributed by atoms with Crippen molar-refractivity contribution in [3.05, 3.63) is 35.4 Å². The summed E-state index contributed by atoms with van der Waals surface area (Å²) in [5, 5.41) is 10.00. The number of piperidine rings is 1. The molecule has 1 fully saturated rings. The fourth-order valence-corrected chi connectivity index (χ4v) is 2.61. The van der Waals surface area contributed by atoms with Gasteiger partial charge in [0.05, 0.1) is 12.2 Å². The molecule has 2 rings (SSSR count). The lowest BCUT2D eigenvalue weighted by atomic mass is 10.0. The predicted octanol–water partition coefficient (Wildman–Crippen LogP) is 2.50. The van der Waals surface area contributed by atoms with Crippen molar-refractivity contribution in [1.82, 2.24) is 4.90 Å². The number of aliphatic hydroxyl groups is 1. The summed E-state index contributed by atoms with van der Waals surface area (Å²) < 4.78 is 32.0. The summed E-state index contributed by atoms with van der Waals surface area (Å²) in [5.74, 6) is -1.86. The van der Waals surface area contributed by atoms with Gasteiger partial charge in [0, 0.05) is 32.3 Å². The van der Waals surface area contributed by atoms with E-state index in [1.807, 2.05) is 0 Å². The molecule has 1 N–H and O–H groups in total. The minimum Gasteiger partial charge on any atom is -0.388 e. The summed E-state index contributed by atoms with van der Waals surface area (Å²) >= 11 is 0. The average Bonchev–Trinajstić information content (AvgIpc) is 2.48. The molecule has 1 aromatic carbocycles. The van der Waals surface area contributed by atoms with Crippen molar-refractivity contribution in [2.24, 2.45) is 0 Å². The molecule has 5 heteroatoms. The molecule has 1 heterocycles. The van der Waals surface area contributed by atoms with Crippen LogP contribution < -0.4 is 0 Å². The second-order valence-corrected chi connectivity index (χ2v) is 5.22. The Balaban J connectivity index is 1.83. The lowest BCUT2D eigenvalue weighted by Crippen LogP contribution is -2.37. The zero-order valence-electron chi connectivity index (χ0n) is 11.7. The largest absolute Gasteiger partial charge is 0.388 e. The molecule has 112 valence electrons. The monoisotopic (exact) mass is 285 g/mol. The first kappa shape index (κ1) is 15.4. The van der Waals surface area contributed by atoms with Crippen LogP contribution >= 0.6 is 0 Å². The summed E-state index contributed by atoms with van der Waals surface area (Å²) in [6.45, 7) is 2.50. The average molecular weight is 285 g/mol. The topological polar surface area (TPSA) is 32.7 Å². The van der Waals surface area contributed by atoms with Crippen LogP contribution in [0.2, 0.25) is 0 Å². The third kappa shape index (κ3) is 3.75. The van der Waals surface area contributed by atoms with Crippen LogP contribution in [0.3, 0.4) is 0 Å². The van der Waals surface area contributed by atoms with E-state index in [-0.39, 0.29) is 5.56 Å². The number of likely N-dealkylation sites (tertiary alicyclic amines) is 1. The second kappa shape index (κ2) is 7.11. The van der Waals surface area contributed by atoms with Crippen LogP contribution in [0.15, 0.2) is 18.2 Å². The van der Waals surface area contributed by atoms with Crippen molar-refractivity contribution in [1.29, 1.82) is 0 Å². The molecule has 0 saturated carbocycles. The molecule has 0 bridgehead atoms. The molecule has 20 heavy (non-hydrogen) atoms. The molecule has 1 aliphatic rings. The van der Waals surface area contributed by atoms with Crippen LogP contribution in [0.25, 0.3) is 0 Å². The van der Waals surface area contributed by atoms with Gasteiger partial charge < -0.3 is 14.7 Å². The molecule has 1 saturated heterocycles. The molecular weight excluding hydrogens is 264 g/mol. The number of nitrogens with zero attached hydrogens (tertiary/aromatic N) is 1. The number of aliphatic hydroxyl groups excluding tert-OH is 1. The van der Waals surface area contributed by atoms with E-state index in [0.717, 1.165) is 32.0 Å². The first-order valence-electron chi connectivity index (χ1n) is 6.99. The second-order valence-electron chi connectivity index (χ2n) is 5.22. The number of hydrogen-bond donors (Lipinski definition) is 1. The molecule has 1 aromatic rings. The highest BCUT2D eigenvalue weighted by molar-refractivity contribution is 5.21. The highest BCUT2D eigenvalue weighted by Crippen LogP contribution is 2.23. The van der Waals surface area contributed by atoms with Gasteiger partial charge in [0.15, 0.2) is 11.6 Å². The first-order valence-corrected chi connectivity index (χ1v) is 6.99. The Morgan fingerprint density at radius 2 is 2.05 bits per heavy atom. The summed E-state index contributed by atoms with van der Waals surface area (Å²) in [4.78, 5) is 2.22. The molecule has 0 amide bonds. The summed E-state index contributed by atoms with van der Waals surface area (Å²) in [7, 11) is 1.72. The van der Waals surface area contributed by atoms with Crippen molar-refractivity contribution in [3.8, 4) is 0 Å². The minimum absolute atomic E-state index is 0.0387. The zero-order chi connectivity index (χ0) is 14.5. The van der Waals surface area contributed by atoms with E-state index in [1.165, 1.54) is 12.1 Å². The van der Waals surface area contributed by atoms with Gasteiger partial charge in [-0.15, -0.1) is 0 Å². The van der Waals surface area contributed by atoms with E-state index in [0.29, 0.717) is 19.1 Å². The van der Waals surface area contributed by atoms with E-state index < -0.39 is 17.7 Å². The van der Waals surface area contributed by atoms with Crippen molar-refractivity contribution in [3.63, 3.8) is 0 Å². The molecule has 1 atom stereocenters. The molecule has 0 aromatic heterocycles. The maximum absolute atomic E-state index is 13.5. The number of rotatable bonds is 5. The van der Waals surface area contributed by atoms with Gasteiger partial charge in [-0.25, -0.2) is 8.78 Å². The standard InChI is InChI=1S/C15H21F2NO2/c1-20-11-5-8-18(9-6-11)10-7-14(19)12-3-2-4-13(16)15(12)17/h2-4,11,14,19H,5-10H2,1H3. The molecule has 0 spiro atoms. The number of halogens is 2. The van der Waals surface area contributed by atoms with Gasteiger partial charge in [0.2, 0.25) is 0 Å². The smallest absolute Gasteiger partial charge is 0.164 e. The normalized spacial score (nSPS) is 19.2.